The molecule has 0 bridgehead atoms. The van der Waals surface area contributed by atoms with Gasteiger partial charge < -0.3 is 19.1 Å². The summed E-state index contributed by atoms with van der Waals surface area (Å²) in [5.41, 5.74) is -0.897. The molecule has 0 heterocycles. The fourth-order valence-corrected chi connectivity index (χ4v) is 6.32. The molecule has 0 spiro atoms. The second kappa shape index (κ2) is 30.9. The van der Waals surface area contributed by atoms with Gasteiger partial charge in [0.15, 0.2) is 0 Å². The predicted octanol–water partition coefficient (Wildman–Crippen LogP) is 11.8. The van der Waals surface area contributed by atoms with Crippen molar-refractivity contribution in [2.75, 3.05) is 33.9 Å². The van der Waals surface area contributed by atoms with Crippen molar-refractivity contribution < 1.29 is 28.6 Å². The average Bonchev–Trinajstić information content (AvgIpc) is 3.06. The van der Waals surface area contributed by atoms with Crippen LogP contribution in [0.15, 0.2) is 0 Å². The van der Waals surface area contributed by atoms with Crippen LogP contribution in [0.1, 0.15) is 208 Å². The van der Waals surface area contributed by atoms with Gasteiger partial charge in [0.25, 0.3) is 0 Å². The molecule has 0 N–H and O–H groups in total. The molecule has 0 rings (SSSR count). The molecule has 0 aliphatic heterocycles. The molecule has 296 valence electrons. The number of unbranched alkanes of at least 4 members (excludes halogenated alkanes) is 16. The van der Waals surface area contributed by atoms with Crippen molar-refractivity contribution >= 4 is 17.9 Å². The maximum absolute atomic E-state index is 12.7. The average molecular weight is 710 g/mol. The van der Waals surface area contributed by atoms with Crippen LogP contribution in [-0.2, 0) is 28.6 Å². The molecule has 0 saturated heterocycles. The summed E-state index contributed by atoms with van der Waals surface area (Å²) in [7, 11) is 4.05. The molecule has 0 aliphatic rings. The Morgan fingerprint density at radius 2 is 0.900 bits per heavy atom. The summed E-state index contributed by atoms with van der Waals surface area (Å²) in [6.45, 7) is 14.4. The largest absolute Gasteiger partial charge is 0.465 e. The highest BCUT2D eigenvalue weighted by molar-refractivity contribution is 5.76. The normalized spacial score (nSPS) is 12.1. The number of hydrogen-bond acceptors (Lipinski definition) is 7. The van der Waals surface area contributed by atoms with E-state index in [2.05, 4.69) is 18.7 Å². The monoisotopic (exact) mass is 710 g/mol. The van der Waals surface area contributed by atoms with E-state index in [-0.39, 0.29) is 24.0 Å². The summed E-state index contributed by atoms with van der Waals surface area (Å²) in [4.78, 5) is 40.0. The maximum atomic E-state index is 12.7. The van der Waals surface area contributed by atoms with Crippen molar-refractivity contribution in [3.05, 3.63) is 0 Å². The van der Waals surface area contributed by atoms with E-state index in [1.54, 1.807) is 0 Å². The van der Waals surface area contributed by atoms with E-state index >= 15 is 0 Å². The third-order valence-electron chi connectivity index (χ3n) is 10.0. The summed E-state index contributed by atoms with van der Waals surface area (Å²) in [5, 5.41) is 0. The molecular formula is C43H83NO6. The molecule has 0 fully saturated rings. The van der Waals surface area contributed by atoms with Gasteiger partial charge in [-0.05, 0) is 106 Å². The lowest BCUT2D eigenvalue weighted by atomic mass is 9.86. The van der Waals surface area contributed by atoms with Gasteiger partial charge in [0.05, 0.1) is 24.0 Å². The Hall–Kier alpha value is -1.63. The standard InChI is InChI=1S/C43H83NO6/c1-9-11-13-15-21-27-36-48-40(46)42(3,4)33-25-19-17-23-30-38(50-39(45)32-29-35-44(7)8)31-24-18-20-26-34-43(5,6)41(47)49-37-28-22-16-14-12-10-2/h38H,9-37H2,1-8H3. The fraction of sp³-hybridized carbons (Fsp3) is 0.930. The van der Waals surface area contributed by atoms with Crippen molar-refractivity contribution in [1.82, 2.24) is 4.90 Å². The highest BCUT2D eigenvalue weighted by atomic mass is 16.5. The minimum atomic E-state index is -0.449. The van der Waals surface area contributed by atoms with Crippen molar-refractivity contribution in [3.63, 3.8) is 0 Å². The number of hydrogen-bond donors (Lipinski definition) is 0. The molecule has 7 heteroatoms. The third-order valence-corrected chi connectivity index (χ3v) is 10.0. The number of nitrogens with zero attached hydrogens (tertiary/aromatic N) is 1. The van der Waals surface area contributed by atoms with E-state index in [4.69, 9.17) is 14.2 Å². The minimum Gasteiger partial charge on any atom is -0.465 e. The van der Waals surface area contributed by atoms with Gasteiger partial charge in [-0.1, -0.05) is 117 Å². The van der Waals surface area contributed by atoms with E-state index in [0.29, 0.717) is 19.6 Å². The lowest BCUT2D eigenvalue weighted by Crippen LogP contribution is -2.27. The van der Waals surface area contributed by atoms with Crippen LogP contribution in [-0.4, -0.2) is 62.8 Å². The van der Waals surface area contributed by atoms with Crippen molar-refractivity contribution in [2.45, 2.75) is 215 Å². The Labute approximate surface area is 310 Å². The van der Waals surface area contributed by atoms with Crippen LogP contribution in [0, 0.1) is 10.8 Å². The Bertz CT molecular complexity index is 785. The summed E-state index contributed by atoms with van der Waals surface area (Å²) in [6, 6.07) is 0. The summed E-state index contributed by atoms with van der Waals surface area (Å²) in [6.07, 6.45) is 27.2. The van der Waals surface area contributed by atoms with Crippen molar-refractivity contribution in [3.8, 4) is 0 Å². The second-order valence-electron chi connectivity index (χ2n) is 16.5. The van der Waals surface area contributed by atoms with Crippen LogP contribution in [0.3, 0.4) is 0 Å². The quantitative estimate of drug-likeness (QED) is 0.0368. The third kappa shape index (κ3) is 28.0. The zero-order valence-corrected chi connectivity index (χ0v) is 34.5. The predicted molar refractivity (Wildman–Crippen MR) is 209 cm³/mol. The topological polar surface area (TPSA) is 82.1 Å². The Morgan fingerprint density at radius 3 is 1.32 bits per heavy atom. The van der Waals surface area contributed by atoms with E-state index in [9.17, 15) is 14.4 Å². The highest BCUT2D eigenvalue weighted by Gasteiger charge is 2.29. The van der Waals surface area contributed by atoms with Crippen LogP contribution in [0.4, 0.5) is 0 Å². The number of ether oxygens (including phenoxy) is 3. The van der Waals surface area contributed by atoms with E-state index in [0.717, 1.165) is 116 Å². The molecule has 0 amide bonds. The van der Waals surface area contributed by atoms with Crippen LogP contribution < -0.4 is 0 Å². The van der Waals surface area contributed by atoms with Gasteiger partial charge >= 0.3 is 17.9 Å². The first-order valence-corrected chi connectivity index (χ1v) is 21.0. The van der Waals surface area contributed by atoms with Gasteiger partial charge in [-0.15, -0.1) is 0 Å². The summed E-state index contributed by atoms with van der Waals surface area (Å²) < 4.78 is 17.2. The zero-order valence-electron chi connectivity index (χ0n) is 34.5. The first-order chi connectivity index (χ1) is 23.9. The van der Waals surface area contributed by atoms with Crippen molar-refractivity contribution in [2.24, 2.45) is 10.8 Å². The van der Waals surface area contributed by atoms with Gasteiger partial charge in [-0.3, -0.25) is 14.4 Å². The number of rotatable bonds is 35. The van der Waals surface area contributed by atoms with E-state index in [1.807, 2.05) is 41.8 Å². The number of carbonyl (C=O) groups excluding carboxylic acids is 3. The van der Waals surface area contributed by atoms with Gasteiger partial charge in [0.2, 0.25) is 0 Å². The van der Waals surface area contributed by atoms with E-state index < -0.39 is 10.8 Å². The second-order valence-corrected chi connectivity index (χ2v) is 16.5. The molecule has 0 atom stereocenters. The number of esters is 3. The molecule has 7 nitrogen and oxygen atoms in total. The van der Waals surface area contributed by atoms with Gasteiger partial charge in [0.1, 0.15) is 6.10 Å². The van der Waals surface area contributed by atoms with Gasteiger partial charge in [0, 0.05) is 6.42 Å². The molecule has 0 aromatic carbocycles. The molecule has 0 aliphatic carbocycles. The van der Waals surface area contributed by atoms with Gasteiger partial charge in [-0.2, -0.15) is 0 Å². The molecule has 0 aromatic heterocycles. The van der Waals surface area contributed by atoms with Crippen LogP contribution in [0.25, 0.3) is 0 Å². The van der Waals surface area contributed by atoms with Crippen LogP contribution in [0.2, 0.25) is 0 Å². The van der Waals surface area contributed by atoms with E-state index in [1.165, 1.54) is 51.4 Å². The van der Waals surface area contributed by atoms with Gasteiger partial charge in [-0.25, -0.2) is 0 Å². The fourth-order valence-electron chi connectivity index (χ4n) is 6.32. The lowest BCUT2D eigenvalue weighted by molar-refractivity contribution is -0.155. The maximum Gasteiger partial charge on any atom is 0.311 e. The van der Waals surface area contributed by atoms with Crippen LogP contribution >= 0.6 is 0 Å². The smallest absolute Gasteiger partial charge is 0.311 e. The molecule has 0 saturated carbocycles. The Kier molecular flexibility index (Phi) is 29.9. The molecule has 0 radical (unpaired) electrons. The Morgan fingerprint density at radius 1 is 0.520 bits per heavy atom. The highest BCUT2D eigenvalue weighted by Crippen LogP contribution is 2.28. The first kappa shape index (κ1) is 48.4. The minimum absolute atomic E-state index is 0.0383. The summed E-state index contributed by atoms with van der Waals surface area (Å²) >= 11 is 0. The molecular weight excluding hydrogens is 626 g/mol. The Balaban J connectivity index is 4.45. The molecule has 0 aromatic rings. The summed E-state index contributed by atoms with van der Waals surface area (Å²) in [5.74, 6) is -0.224. The van der Waals surface area contributed by atoms with Crippen LogP contribution in [0.5, 0.6) is 0 Å². The number of carbonyl (C=O) groups is 3. The first-order valence-electron chi connectivity index (χ1n) is 21.0. The molecule has 50 heavy (non-hydrogen) atoms. The lowest BCUT2D eigenvalue weighted by Gasteiger charge is -2.23. The SMILES string of the molecule is CCCCCCCCOC(=O)C(C)(C)CCCCCCC(CCCCCCC(C)(C)C(=O)OCCCCCCCC)OC(=O)CCCN(C)C. The zero-order chi connectivity index (χ0) is 37.5. The molecule has 0 unspecified atom stereocenters. The van der Waals surface area contributed by atoms with Crippen molar-refractivity contribution in [1.29, 1.82) is 0 Å².